The Morgan fingerprint density at radius 2 is 2.15 bits per heavy atom. The summed E-state index contributed by atoms with van der Waals surface area (Å²) < 4.78 is 6.93. The highest BCUT2D eigenvalue weighted by atomic mass is 16.5. The van der Waals surface area contributed by atoms with Crippen molar-refractivity contribution in [3.63, 3.8) is 0 Å². The summed E-state index contributed by atoms with van der Waals surface area (Å²) in [4.78, 5) is 21.5. The minimum atomic E-state index is -1.07. The third-order valence-electron chi connectivity index (χ3n) is 3.21. The van der Waals surface area contributed by atoms with Gasteiger partial charge in [-0.05, 0) is 0 Å². The van der Waals surface area contributed by atoms with Gasteiger partial charge in [-0.3, -0.25) is 0 Å². The molecule has 3 rings (SSSR count). The predicted molar refractivity (Wildman–Crippen MR) is 70.2 cm³/mol. The Labute approximate surface area is 115 Å². The van der Waals surface area contributed by atoms with E-state index in [-0.39, 0.29) is 5.69 Å². The minimum absolute atomic E-state index is 0.0194. The summed E-state index contributed by atoms with van der Waals surface area (Å²) in [6.07, 6.45) is 0.675. The molecule has 1 aliphatic heterocycles. The molecule has 106 valence electrons. The van der Waals surface area contributed by atoms with Crippen LogP contribution in [-0.4, -0.2) is 57.0 Å². The van der Waals surface area contributed by atoms with Gasteiger partial charge in [0.25, 0.3) is 5.78 Å². The van der Waals surface area contributed by atoms with Crippen molar-refractivity contribution in [1.82, 2.24) is 19.6 Å². The number of aromatic nitrogens is 4. The summed E-state index contributed by atoms with van der Waals surface area (Å²) in [5.41, 5.74) is -0.0194. The average Bonchev–Trinajstić information content (AvgIpc) is 2.90. The lowest BCUT2D eigenvalue weighted by Gasteiger charge is -2.28. The van der Waals surface area contributed by atoms with E-state index in [2.05, 4.69) is 15.1 Å². The van der Waals surface area contributed by atoms with Gasteiger partial charge in [0.1, 0.15) is 5.82 Å². The van der Waals surface area contributed by atoms with Gasteiger partial charge in [-0.15, -0.1) is 5.10 Å². The SMILES string of the molecule is CCc1nc2nc(C(=O)O)cc(N3CCOCC3)n2n1. The molecule has 0 bridgehead atoms. The van der Waals surface area contributed by atoms with Crippen molar-refractivity contribution < 1.29 is 14.6 Å². The van der Waals surface area contributed by atoms with E-state index in [1.807, 2.05) is 11.8 Å². The molecule has 0 aliphatic carbocycles. The lowest BCUT2D eigenvalue weighted by atomic mass is 10.3. The molecule has 1 N–H and O–H groups in total. The number of nitrogens with zero attached hydrogens (tertiary/aromatic N) is 5. The van der Waals surface area contributed by atoms with Crippen LogP contribution in [0.3, 0.4) is 0 Å². The highest BCUT2D eigenvalue weighted by molar-refractivity contribution is 5.87. The van der Waals surface area contributed by atoms with Crippen LogP contribution in [0.25, 0.3) is 5.78 Å². The first-order valence-electron chi connectivity index (χ1n) is 6.51. The van der Waals surface area contributed by atoms with Crippen molar-refractivity contribution in [2.24, 2.45) is 0 Å². The molecule has 1 fully saturated rings. The summed E-state index contributed by atoms with van der Waals surface area (Å²) >= 11 is 0. The molecule has 0 atom stereocenters. The molecule has 1 saturated heterocycles. The van der Waals surface area contributed by atoms with Gasteiger partial charge in [-0.25, -0.2) is 9.78 Å². The molecule has 0 radical (unpaired) electrons. The van der Waals surface area contributed by atoms with Crippen molar-refractivity contribution >= 4 is 17.6 Å². The summed E-state index contributed by atoms with van der Waals surface area (Å²) in [5, 5.41) is 13.5. The van der Waals surface area contributed by atoms with Gasteiger partial charge < -0.3 is 14.7 Å². The number of hydrogen-bond acceptors (Lipinski definition) is 6. The molecule has 0 spiro atoms. The van der Waals surface area contributed by atoms with Crippen LogP contribution in [0.5, 0.6) is 0 Å². The molecule has 8 nitrogen and oxygen atoms in total. The number of anilines is 1. The first kappa shape index (κ1) is 12.8. The number of carboxylic acids is 1. The number of fused-ring (bicyclic) bond motifs is 1. The van der Waals surface area contributed by atoms with Gasteiger partial charge >= 0.3 is 5.97 Å². The zero-order valence-corrected chi connectivity index (χ0v) is 11.1. The predicted octanol–water partition coefficient (Wildman–Crippen LogP) is 0.221. The molecular weight excluding hydrogens is 262 g/mol. The molecule has 1 aliphatic rings. The van der Waals surface area contributed by atoms with Crippen LogP contribution in [0.15, 0.2) is 6.07 Å². The molecule has 8 heteroatoms. The quantitative estimate of drug-likeness (QED) is 0.857. The maximum Gasteiger partial charge on any atom is 0.354 e. The van der Waals surface area contributed by atoms with E-state index in [9.17, 15) is 4.79 Å². The Bertz CT molecular complexity index is 648. The Balaban J connectivity index is 2.15. The standard InChI is InChI=1S/C12H15N5O3/c1-2-9-14-12-13-8(11(18)19)7-10(17(12)15-9)16-3-5-20-6-4-16/h7H,2-6H2,1H3,(H,18,19). The maximum atomic E-state index is 11.2. The van der Waals surface area contributed by atoms with Crippen LogP contribution in [-0.2, 0) is 11.2 Å². The minimum Gasteiger partial charge on any atom is -0.477 e. The van der Waals surface area contributed by atoms with Gasteiger partial charge in [0.2, 0.25) is 0 Å². The zero-order chi connectivity index (χ0) is 14.1. The van der Waals surface area contributed by atoms with Crippen LogP contribution in [0.1, 0.15) is 23.2 Å². The van der Waals surface area contributed by atoms with Crippen molar-refractivity contribution in [3.05, 3.63) is 17.6 Å². The third-order valence-corrected chi connectivity index (χ3v) is 3.21. The lowest BCUT2D eigenvalue weighted by molar-refractivity contribution is 0.0690. The second-order valence-corrected chi connectivity index (χ2v) is 4.50. The van der Waals surface area contributed by atoms with E-state index in [0.717, 1.165) is 0 Å². The van der Waals surface area contributed by atoms with Gasteiger partial charge in [-0.2, -0.15) is 9.50 Å². The van der Waals surface area contributed by atoms with Crippen molar-refractivity contribution in [3.8, 4) is 0 Å². The second kappa shape index (κ2) is 5.04. The van der Waals surface area contributed by atoms with Crippen LogP contribution in [0.2, 0.25) is 0 Å². The van der Waals surface area contributed by atoms with Crippen molar-refractivity contribution in [2.75, 3.05) is 31.2 Å². The molecule has 2 aromatic heterocycles. The lowest BCUT2D eigenvalue weighted by Crippen LogP contribution is -2.37. The van der Waals surface area contributed by atoms with E-state index >= 15 is 0 Å². The Morgan fingerprint density at radius 3 is 2.80 bits per heavy atom. The number of ether oxygens (including phenoxy) is 1. The fraction of sp³-hybridized carbons (Fsp3) is 0.500. The number of hydrogen-bond donors (Lipinski definition) is 1. The monoisotopic (exact) mass is 277 g/mol. The topological polar surface area (TPSA) is 92.8 Å². The van der Waals surface area contributed by atoms with Gasteiger partial charge in [0.15, 0.2) is 11.5 Å². The van der Waals surface area contributed by atoms with Crippen LogP contribution < -0.4 is 4.90 Å². The molecule has 3 heterocycles. The highest BCUT2D eigenvalue weighted by Crippen LogP contribution is 2.18. The van der Waals surface area contributed by atoms with E-state index in [1.54, 1.807) is 4.52 Å². The molecule has 0 aromatic carbocycles. The molecule has 0 unspecified atom stereocenters. The zero-order valence-electron chi connectivity index (χ0n) is 11.1. The van der Waals surface area contributed by atoms with E-state index in [0.29, 0.717) is 50.1 Å². The third kappa shape index (κ3) is 2.18. The van der Waals surface area contributed by atoms with E-state index in [4.69, 9.17) is 9.84 Å². The van der Waals surface area contributed by atoms with Crippen LogP contribution >= 0.6 is 0 Å². The fourth-order valence-electron chi connectivity index (χ4n) is 2.17. The molecule has 20 heavy (non-hydrogen) atoms. The normalized spacial score (nSPS) is 15.8. The van der Waals surface area contributed by atoms with Crippen LogP contribution in [0.4, 0.5) is 5.82 Å². The first-order chi connectivity index (χ1) is 9.69. The smallest absolute Gasteiger partial charge is 0.354 e. The molecule has 0 saturated carbocycles. The number of carbonyl (C=O) groups is 1. The summed E-state index contributed by atoms with van der Waals surface area (Å²) in [5.74, 6) is 0.601. The number of morpholine rings is 1. The Hall–Kier alpha value is -2.22. The fourth-order valence-corrected chi connectivity index (χ4v) is 2.17. The molecule has 0 amide bonds. The highest BCUT2D eigenvalue weighted by Gasteiger charge is 2.20. The van der Waals surface area contributed by atoms with Gasteiger partial charge in [0, 0.05) is 25.6 Å². The van der Waals surface area contributed by atoms with Crippen LogP contribution in [0, 0.1) is 0 Å². The Kier molecular flexibility index (Phi) is 3.23. The second-order valence-electron chi connectivity index (χ2n) is 4.50. The maximum absolute atomic E-state index is 11.2. The average molecular weight is 277 g/mol. The number of aryl methyl sites for hydroxylation is 1. The summed E-state index contributed by atoms with van der Waals surface area (Å²) in [7, 11) is 0. The van der Waals surface area contributed by atoms with Gasteiger partial charge in [0.05, 0.1) is 13.2 Å². The number of rotatable bonds is 3. The van der Waals surface area contributed by atoms with Crippen molar-refractivity contribution in [1.29, 1.82) is 0 Å². The molecule has 2 aromatic rings. The van der Waals surface area contributed by atoms with E-state index in [1.165, 1.54) is 6.07 Å². The largest absolute Gasteiger partial charge is 0.477 e. The summed E-state index contributed by atoms with van der Waals surface area (Å²) in [6.45, 7) is 4.56. The molecular formula is C12H15N5O3. The number of carboxylic acid groups (broad SMARTS) is 1. The van der Waals surface area contributed by atoms with Crippen molar-refractivity contribution in [2.45, 2.75) is 13.3 Å². The summed E-state index contributed by atoms with van der Waals surface area (Å²) in [6, 6.07) is 1.54. The van der Waals surface area contributed by atoms with Gasteiger partial charge in [-0.1, -0.05) is 6.92 Å². The Morgan fingerprint density at radius 1 is 1.40 bits per heavy atom. The van der Waals surface area contributed by atoms with E-state index < -0.39 is 5.97 Å². The first-order valence-corrected chi connectivity index (χ1v) is 6.51. The number of aromatic carboxylic acids is 1.